The number of hydrogen-bond donors (Lipinski definition) is 1. The molecule has 0 aromatic heterocycles. The minimum atomic E-state index is 0.0417. The van der Waals surface area contributed by atoms with Crippen molar-refractivity contribution >= 4 is 0 Å². The summed E-state index contributed by atoms with van der Waals surface area (Å²) in [4.78, 5) is 4.88. The molecule has 4 nitrogen and oxygen atoms in total. The maximum absolute atomic E-state index is 5.26. The van der Waals surface area contributed by atoms with Gasteiger partial charge >= 0.3 is 0 Å². The van der Waals surface area contributed by atoms with Crippen molar-refractivity contribution in [1.82, 2.24) is 5.48 Å². The summed E-state index contributed by atoms with van der Waals surface area (Å²) in [6.07, 6.45) is 0. The van der Waals surface area contributed by atoms with E-state index >= 15 is 0 Å². The van der Waals surface area contributed by atoms with Gasteiger partial charge in [0.2, 0.25) is 0 Å². The molecule has 0 bridgehead atoms. The van der Waals surface area contributed by atoms with E-state index in [0.29, 0.717) is 0 Å². The summed E-state index contributed by atoms with van der Waals surface area (Å²) in [6.45, 7) is 1.99. The van der Waals surface area contributed by atoms with Crippen molar-refractivity contribution in [2.24, 2.45) is 0 Å². The Balaban J connectivity index is 3.00. The highest BCUT2D eigenvalue weighted by atomic mass is 16.6. The Kier molecular flexibility index (Phi) is 4.39. The van der Waals surface area contributed by atoms with Gasteiger partial charge in [-0.05, 0) is 25.1 Å². The van der Waals surface area contributed by atoms with Crippen molar-refractivity contribution in [3.05, 3.63) is 23.8 Å². The molecular formula is C11H17NO3. The molecule has 1 rings (SSSR count). The molecule has 4 heteroatoms. The van der Waals surface area contributed by atoms with E-state index in [1.807, 2.05) is 25.1 Å². The molecule has 84 valence electrons. The van der Waals surface area contributed by atoms with Crippen LogP contribution in [0.25, 0.3) is 0 Å². The zero-order chi connectivity index (χ0) is 11.3. The van der Waals surface area contributed by atoms with Gasteiger partial charge in [0.05, 0.1) is 27.4 Å². The Bertz CT molecular complexity index is 315. The van der Waals surface area contributed by atoms with Gasteiger partial charge in [-0.1, -0.05) is 0 Å². The molecule has 1 atom stereocenters. The molecule has 0 aliphatic carbocycles. The Hall–Kier alpha value is -1.26. The van der Waals surface area contributed by atoms with E-state index in [1.54, 1.807) is 21.3 Å². The molecule has 0 amide bonds. The van der Waals surface area contributed by atoms with Crippen molar-refractivity contribution in [1.29, 1.82) is 0 Å². The summed E-state index contributed by atoms with van der Waals surface area (Å²) in [5, 5.41) is 0. The third kappa shape index (κ3) is 2.84. The Morgan fingerprint density at radius 2 is 1.87 bits per heavy atom. The first-order valence-corrected chi connectivity index (χ1v) is 4.73. The smallest absolute Gasteiger partial charge is 0.123 e. The standard InChI is InChI=1S/C11H17NO3/c1-8(12-15-4)10-7-9(13-2)5-6-11(10)14-3/h5-8,12H,1-4H3. The monoisotopic (exact) mass is 211 g/mol. The van der Waals surface area contributed by atoms with E-state index in [0.717, 1.165) is 17.1 Å². The molecule has 0 fully saturated rings. The van der Waals surface area contributed by atoms with Crippen LogP contribution in [0.4, 0.5) is 0 Å². The van der Waals surface area contributed by atoms with Crippen molar-refractivity contribution in [2.45, 2.75) is 13.0 Å². The van der Waals surface area contributed by atoms with Gasteiger partial charge in [0.25, 0.3) is 0 Å². The normalized spacial score (nSPS) is 12.3. The lowest BCUT2D eigenvalue weighted by molar-refractivity contribution is 0.0651. The summed E-state index contributed by atoms with van der Waals surface area (Å²) in [7, 11) is 4.87. The summed E-state index contributed by atoms with van der Waals surface area (Å²) in [6, 6.07) is 5.71. The maximum atomic E-state index is 5.26. The largest absolute Gasteiger partial charge is 0.497 e. The Morgan fingerprint density at radius 3 is 2.40 bits per heavy atom. The van der Waals surface area contributed by atoms with E-state index < -0.39 is 0 Å². The van der Waals surface area contributed by atoms with Gasteiger partial charge in [-0.3, -0.25) is 0 Å². The fourth-order valence-electron chi connectivity index (χ4n) is 1.42. The average molecular weight is 211 g/mol. The van der Waals surface area contributed by atoms with Crippen LogP contribution < -0.4 is 15.0 Å². The second-order valence-corrected chi connectivity index (χ2v) is 3.15. The number of methoxy groups -OCH3 is 2. The van der Waals surface area contributed by atoms with Crippen molar-refractivity contribution in [3.8, 4) is 11.5 Å². The Labute approximate surface area is 90.1 Å². The van der Waals surface area contributed by atoms with Crippen LogP contribution in [0.1, 0.15) is 18.5 Å². The quantitative estimate of drug-likeness (QED) is 0.755. The second-order valence-electron chi connectivity index (χ2n) is 3.15. The maximum Gasteiger partial charge on any atom is 0.123 e. The van der Waals surface area contributed by atoms with Gasteiger partial charge in [0, 0.05) is 5.56 Å². The molecule has 0 heterocycles. The van der Waals surface area contributed by atoms with E-state index in [2.05, 4.69) is 5.48 Å². The second kappa shape index (κ2) is 5.58. The van der Waals surface area contributed by atoms with E-state index in [1.165, 1.54) is 0 Å². The van der Waals surface area contributed by atoms with Crippen LogP contribution in [-0.2, 0) is 4.84 Å². The first-order valence-electron chi connectivity index (χ1n) is 4.73. The topological polar surface area (TPSA) is 39.7 Å². The molecule has 1 N–H and O–H groups in total. The summed E-state index contributed by atoms with van der Waals surface area (Å²) in [5.41, 5.74) is 3.85. The first-order chi connectivity index (χ1) is 7.22. The fourth-order valence-corrected chi connectivity index (χ4v) is 1.42. The number of hydroxylamine groups is 1. The highest BCUT2D eigenvalue weighted by molar-refractivity contribution is 5.41. The number of benzene rings is 1. The minimum Gasteiger partial charge on any atom is -0.497 e. The molecule has 1 aromatic carbocycles. The lowest BCUT2D eigenvalue weighted by Crippen LogP contribution is -2.17. The van der Waals surface area contributed by atoms with Crippen LogP contribution in [0.5, 0.6) is 11.5 Å². The van der Waals surface area contributed by atoms with Crippen LogP contribution >= 0.6 is 0 Å². The molecule has 0 aliphatic rings. The zero-order valence-corrected chi connectivity index (χ0v) is 9.53. The molecule has 0 saturated heterocycles. The molecule has 0 radical (unpaired) electrons. The highest BCUT2D eigenvalue weighted by Gasteiger charge is 2.11. The van der Waals surface area contributed by atoms with Gasteiger partial charge < -0.3 is 14.3 Å². The third-order valence-electron chi connectivity index (χ3n) is 2.20. The van der Waals surface area contributed by atoms with Crippen LogP contribution in [0.15, 0.2) is 18.2 Å². The molecule has 15 heavy (non-hydrogen) atoms. The third-order valence-corrected chi connectivity index (χ3v) is 2.20. The van der Waals surface area contributed by atoms with E-state index in [-0.39, 0.29) is 6.04 Å². The SMILES string of the molecule is CONC(C)c1cc(OC)ccc1OC. The van der Waals surface area contributed by atoms with Crippen LogP contribution in [0.2, 0.25) is 0 Å². The number of rotatable bonds is 5. The molecule has 1 unspecified atom stereocenters. The highest BCUT2D eigenvalue weighted by Crippen LogP contribution is 2.28. The van der Waals surface area contributed by atoms with Crippen LogP contribution in [0, 0.1) is 0 Å². The van der Waals surface area contributed by atoms with Gasteiger partial charge in [0.1, 0.15) is 11.5 Å². The molecular weight excluding hydrogens is 194 g/mol. The van der Waals surface area contributed by atoms with Gasteiger partial charge in [-0.2, -0.15) is 5.48 Å². The molecule has 0 spiro atoms. The number of hydrogen-bond acceptors (Lipinski definition) is 4. The van der Waals surface area contributed by atoms with E-state index in [4.69, 9.17) is 14.3 Å². The van der Waals surface area contributed by atoms with Crippen molar-refractivity contribution in [2.75, 3.05) is 21.3 Å². The van der Waals surface area contributed by atoms with Gasteiger partial charge in [-0.25, -0.2) is 0 Å². The van der Waals surface area contributed by atoms with Crippen molar-refractivity contribution < 1.29 is 14.3 Å². The molecule has 1 aromatic rings. The average Bonchev–Trinajstić information content (AvgIpc) is 2.28. The predicted octanol–water partition coefficient (Wildman–Crippen LogP) is 1.92. The predicted molar refractivity (Wildman–Crippen MR) is 58.1 cm³/mol. The van der Waals surface area contributed by atoms with Gasteiger partial charge in [-0.15, -0.1) is 0 Å². The van der Waals surface area contributed by atoms with Gasteiger partial charge in [0.15, 0.2) is 0 Å². The van der Waals surface area contributed by atoms with Crippen LogP contribution in [0.3, 0.4) is 0 Å². The summed E-state index contributed by atoms with van der Waals surface area (Å²) in [5.74, 6) is 1.61. The fraction of sp³-hybridized carbons (Fsp3) is 0.455. The summed E-state index contributed by atoms with van der Waals surface area (Å²) < 4.78 is 10.4. The Morgan fingerprint density at radius 1 is 1.13 bits per heavy atom. The number of nitrogens with one attached hydrogen (secondary N) is 1. The van der Waals surface area contributed by atoms with E-state index in [9.17, 15) is 0 Å². The summed E-state index contributed by atoms with van der Waals surface area (Å²) >= 11 is 0. The lowest BCUT2D eigenvalue weighted by Gasteiger charge is -2.16. The number of ether oxygens (including phenoxy) is 2. The zero-order valence-electron chi connectivity index (χ0n) is 9.53. The van der Waals surface area contributed by atoms with Crippen LogP contribution in [-0.4, -0.2) is 21.3 Å². The first kappa shape index (κ1) is 11.8. The lowest BCUT2D eigenvalue weighted by atomic mass is 10.1. The minimum absolute atomic E-state index is 0.0417. The molecule has 0 saturated carbocycles. The van der Waals surface area contributed by atoms with Crippen molar-refractivity contribution in [3.63, 3.8) is 0 Å². The molecule has 0 aliphatic heterocycles.